The van der Waals surface area contributed by atoms with E-state index in [2.05, 4.69) is 69.8 Å². The fourth-order valence-electron chi connectivity index (χ4n) is 6.64. The zero-order valence-corrected chi connectivity index (χ0v) is 28.7. The average Bonchev–Trinajstić information content (AvgIpc) is 3.83. The first-order valence-corrected chi connectivity index (χ1v) is 16.5. The highest BCUT2D eigenvalue weighted by molar-refractivity contribution is 5.83. The van der Waals surface area contributed by atoms with Crippen molar-refractivity contribution in [1.29, 1.82) is 0 Å². The Labute approximate surface area is 314 Å². The molecule has 18 heteroatoms. The number of carboxylic acid groups (broad SMARTS) is 4. The van der Waals surface area contributed by atoms with Crippen molar-refractivity contribution >= 4 is 35.3 Å². The van der Waals surface area contributed by atoms with Gasteiger partial charge in [0.2, 0.25) is 0 Å². The standard InChI is InChI=1S/2C13H18N2O.2C4H6O6.2CH4/c2*1-16-8-12-10-6-7-14-13(10)9-4-2-3-5-11(9)15-12;2*5-1(3(7)8)2(6)4(9)10;;/h2*2-5,10,12-15H,6-8H2,1H3;2*1-2,5-6H,(H,7,8)(H,9,10);2*1H4/t2*10-,12+,13+;2*1-,2-;;/m1111../s1. The quantitative estimate of drug-likeness (QED) is 0.157. The monoisotopic (exact) mass is 768 g/mol. The SMILES string of the molecule is C.C.COC[C@@H]1Nc2ccccc2[C@@H]2NCC[C@H]12.COC[C@@H]1Nc2ccccc2[C@@H]2NCC[C@H]12.O=C(O)[C@H](O)[C@@H](O)C(=O)O.O=C(O)[C@H](O)[C@@H](O)C(=O)O. The summed E-state index contributed by atoms with van der Waals surface area (Å²) in [5.41, 5.74) is 5.36. The summed E-state index contributed by atoms with van der Waals surface area (Å²) in [4.78, 5) is 39.1. The van der Waals surface area contributed by atoms with E-state index in [-0.39, 0.29) is 14.9 Å². The number of aliphatic carboxylic acids is 4. The van der Waals surface area contributed by atoms with Crippen LogP contribution in [0.4, 0.5) is 11.4 Å². The molecule has 54 heavy (non-hydrogen) atoms. The maximum atomic E-state index is 9.77. The van der Waals surface area contributed by atoms with E-state index in [4.69, 9.17) is 50.3 Å². The lowest BCUT2D eigenvalue weighted by Gasteiger charge is -2.36. The Morgan fingerprint density at radius 1 is 0.593 bits per heavy atom. The van der Waals surface area contributed by atoms with Gasteiger partial charge in [-0.1, -0.05) is 51.3 Å². The van der Waals surface area contributed by atoms with E-state index in [1.54, 1.807) is 14.2 Å². The van der Waals surface area contributed by atoms with Crippen LogP contribution in [0.15, 0.2) is 48.5 Å². The van der Waals surface area contributed by atoms with Crippen LogP contribution in [0.5, 0.6) is 0 Å². The van der Waals surface area contributed by atoms with E-state index in [0.717, 1.165) is 26.3 Å². The first-order chi connectivity index (χ1) is 24.7. The molecule has 0 saturated carbocycles. The number of para-hydroxylation sites is 2. The van der Waals surface area contributed by atoms with Gasteiger partial charge in [0.15, 0.2) is 24.4 Å². The van der Waals surface area contributed by atoms with E-state index in [9.17, 15) is 19.2 Å². The van der Waals surface area contributed by atoms with Gasteiger partial charge in [0, 0.05) is 49.5 Å². The molecule has 304 valence electrons. The first-order valence-electron chi connectivity index (χ1n) is 16.5. The Kier molecular flexibility index (Phi) is 20.0. The number of carbonyl (C=O) groups is 4. The number of nitrogens with one attached hydrogen (secondary N) is 4. The number of aliphatic hydroxyl groups excluding tert-OH is 4. The Hall–Kier alpha value is -4.40. The summed E-state index contributed by atoms with van der Waals surface area (Å²) in [6.45, 7) is 3.81. The smallest absolute Gasteiger partial charge is 0.335 e. The highest BCUT2D eigenvalue weighted by atomic mass is 16.5. The summed E-state index contributed by atoms with van der Waals surface area (Å²) in [7, 11) is 3.55. The van der Waals surface area contributed by atoms with Crippen molar-refractivity contribution in [2.24, 2.45) is 11.8 Å². The van der Waals surface area contributed by atoms with E-state index in [0.29, 0.717) is 36.0 Å². The van der Waals surface area contributed by atoms with Gasteiger partial charge in [-0.25, -0.2) is 19.2 Å². The van der Waals surface area contributed by atoms with E-state index in [1.165, 1.54) is 35.3 Å². The van der Waals surface area contributed by atoms with Gasteiger partial charge in [-0.05, 0) is 49.2 Å². The molecule has 2 aromatic carbocycles. The molecule has 2 aromatic rings. The van der Waals surface area contributed by atoms with Crippen LogP contribution >= 0.6 is 0 Å². The lowest BCUT2D eigenvalue weighted by Crippen LogP contribution is -2.40. The first kappa shape index (κ1) is 47.6. The molecular weight excluding hydrogens is 712 g/mol. The van der Waals surface area contributed by atoms with E-state index < -0.39 is 48.3 Å². The van der Waals surface area contributed by atoms with Crippen molar-refractivity contribution < 1.29 is 69.5 Å². The van der Waals surface area contributed by atoms with Crippen molar-refractivity contribution in [3.8, 4) is 0 Å². The highest BCUT2D eigenvalue weighted by Crippen LogP contribution is 2.42. The summed E-state index contributed by atoms with van der Waals surface area (Å²) in [6, 6.07) is 19.1. The minimum atomic E-state index is -2.27. The van der Waals surface area contributed by atoms with Gasteiger partial charge in [0.25, 0.3) is 0 Å². The second-order valence-electron chi connectivity index (χ2n) is 12.5. The maximum absolute atomic E-state index is 9.77. The summed E-state index contributed by atoms with van der Waals surface area (Å²) in [5.74, 6) is -5.75. The fourth-order valence-corrected chi connectivity index (χ4v) is 6.64. The molecule has 18 nitrogen and oxygen atoms in total. The number of rotatable bonds is 10. The predicted octanol–water partition coefficient (Wildman–Crippen LogP) is 0.582. The third-order valence-electron chi connectivity index (χ3n) is 9.15. The Bertz CT molecular complexity index is 1350. The van der Waals surface area contributed by atoms with Crippen LogP contribution in [0, 0.1) is 11.8 Å². The fraction of sp³-hybridized carbons (Fsp3) is 0.556. The lowest BCUT2D eigenvalue weighted by molar-refractivity contribution is -0.165. The molecule has 10 atom stereocenters. The molecule has 4 aliphatic heterocycles. The molecule has 0 aliphatic carbocycles. The molecule has 0 spiro atoms. The highest BCUT2D eigenvalue weighted by Gasteiger charge is 2.40. The maximum Gasteiger partial charge on any atom is 0.335 e. The molecule has 4 aliphatic rings. The van der Waals surface area contributed by atoms with Crippen LogP contribution in [-0.2, 0) is 28.7 Å². The number of methoxy groups -OCH3 is 2. The molecule has 0 radical (unpaired) electrons. The van der Waals surface area contributed by atoms with Crippen molar-refractivity contribution in [3.63, 3.8) is 0 Å². The Balaban J connectivity index is 0.000000366. The topological polar surface area (TPSA) is 297 Å². The van der Waals surface area contributed by atoms with E-state index >= 15 is 0 Å². The second-order valence-corrected chi connectivity index (χ2v) is 12.5. The number of anilines is 2. The van der Waals surface area contributed by atoms with Gasteiger partial charge in [-0.15, -0.1) is 0 Å². The number of ether oxygens (including phenoxy) is 2. The zero-order valence-electron chi connectivity index (χ0n) is 28.7. The number of hydrogen-bond donors (Lipinski definition) is 12. The van der Waals surface area contributed by atoms with Gasteiger partial charge >= 0.3 is 23.9 Å². The third kappa shape index (κ3) is 12.3. The molecule has 6 rings (SSSR count). The average molecular weight is 769 g/mol. The largest absolute Gasteiger partial charge is 0.479 e. The third-order valence-corrected chi connectivity index (χ3v) is 9.15. The van der Waals surface area contributed by atoms with Crippen LogP contribution in [-0.4, -0.2) is 142 Å². The molecule has 0 amide bonds. The molecule has 0 aromatic heterocycles. The molecule has 2 fully saturated rings. The number of aliphatic hydroxyl groups is 4. The van der Waals surface area contributed by atoms with Gasteiger partial charge in [-0.2, -0.15) is 0 Å². The summed E-state index contributed by atoms with van der Waals surface area (Å²) >= 11 is 0. The number of fused-ring (bicyclic) bond motifs is 6. The summed E-state index contributed by atoms with van der Waals surface area (Å²) < 4.78 is 10.6. The lowest BCUT2D eigenvalue weighted by atomic mass is 9.84. The number of carboxylic acids is 4. The summed E-state index contributed by atoms with van der Waals surface area (Å²) in [5, 5.41) is 79.5. The summed E-state index contributed by atoms with van der Waals surface area (Å²) in [6.07, 6.45) is -6.59. The normalized spacial score (nSPS) is 24.6. The predicted molar refractivity (Wildman–Crippen MR) is 197 cm³/mol. The molecule has 0 unspecified atom stereocenters. The van der Waals surface area contributed by atoms with Crippen molar-refractivity contribution in [1.82, 2.24) is 10.6 Å². The van der Waals surface area contributed by atoms with Crippen molar-refractivity contribution in [3.05, 3.63) is 59.7 Å². The van der Waals surface area contributed by atoms with Crippen molar-refractivity contribution in [2.45, 2.75) is 76.3 Å². The van der Waals surface area contributed by atoms with Crippen LogP contribution in [0.2, 0.25) is 0 Å². The van der Waals surface area contributed by atoms with E-state index in [1.807, 2.05) is 0 Å². The van der Waals surface area contributed by atoms with Crippen LogP contribution < -0.4 is 21.3 Å². The number of hydrogen-bond acceptors (Lipinski definition) is 14. The minimum Gasteiger partial charge on any atom is -0.479 e. The Morgan fingerprint density at radius 3 is 1.17 bits per heavy atom. The van der Waals surface area contributed by atoms with Crippen LogP contribution in [0.3, 0.4) is 0 Å². The van der Waals surface area contributed by atoms with Gasteiger partial charge in [0.05, 0.1) is 25.3 Å². The van der Waals surface area contributed by atoms with Crippen LogP contribution in [0.1, 0.15) is 50.9 Å². The molecule has 2 saturated heterocycles. The molecular formula is C36H56N4O14. The zero-order chi connectivity index (χ0) is 38.5. The molecule has 12 N–H and O–H groups in total. The minimum absolute atomic E-state index is 0. The molecule has 4 heterocycles. The van der Waals surface area contributed by atoms with Crippen molar-refractivity contribution in [2.75, 3.05) is 51.2 Å². The molecule has 0 bridgehead atoms. The van der Waals surface area contributed by atoms with Gasteiger partial charge in [-0.3, -0.25) is 0 Å². The van der Waals surface area contributed by atoms with Crippen LogP contribution in [0.25, 0.3) is 0 Å². The van der Waals surface area contributed by atoms with Gasteiger partial charge < -0.3 is 71.6 Å². The second kappa shape index (κ2) is 22.7. The number of benzene rings is 2. The Morgan fingerprint density at radius 2 is 0.889 bits per heavy atom. The van der Waals surface area contributed by atoms with Gasteiger partial charge in [0.1, 0.15) is 0 Å².